The highest BCUT2D eigenvalue weighted by atomic mass is 32.1. The minimum Gasteiger partial charge on any atom is -0.383 e. The van der Waals surface area contributed by atoms with Crippen LogP contribution in [-0.2, 0) is 4.74 Å². The molecule has 0 aliphatic heterocycles. The van der Waals surface area contributed by atoms with Crippen molar-refractivity contribution in [1.29, 1.82) is 0 Å². The van der Waals surface area contributed by atoms with Crippen LogP contribution in [0.25, 0.3) is 0 Å². The highest BCUT2D eigenvalue weighted by Gasteiger charge is 2.13. The van der Waals surface area contributed by atoms with E-state index in [0.717, 1.165) is 5.69 Å². The predicted octanol–water partition coefficient (Wildman–Crippen LogP) is 1.22. The Bertz CT molecular complexity index is 312. The summed E-state index contributed by atoms with van der Waals surface area (Å²) in [5, 5.41) is 2.83. The fourth-order valence-corrected chi connectivity index (χ4v) is 1.81. The summed E-state index contributed by atoms with van der Waals surface area (Å²) in [6, 6.07) is 0.0222. The average Bonchev–Trinajstić information content (AvgIpc) is 2.51. The van der Waals surface area contributed by atoms with Crippen molar-refractivity contribution in [2.45, 2.75) is 19.9 Å². The monoisotopic (exact) mass is 214 g/mol. The second-order valence-corrected chi connectivity index (χ2v) is 3.95. The number of rotatable bonds is 4. The number of hydrogen-bond donors (Lipinski definition) is 1. The van der Waals surface area contributed by atoms with Gasteiger partial charge in [0.25, 0.3) is 5.91 Å². The zero-order valence-electron chi connectivity index (χ0n) is 8.53. The Morgan fingerprint density at radius 3 is 3.00 bits per heavy atom. The van der Waals surface area contributed by atoms with Gasteiger partial charge in [-0.15, -0.1) is 11.3 Å². The van der Waals surface area contributed by atoms with Crippen molar-refractivity contribution in [2.24, 2.45) is 0 Å². The lowest BCUT2D eigenvalue weighted by Crippen LogP contribution is -2.35. The van der Waals surface area contributed by atoms with Gasteiger partial charge in [-0.05, 0) is 13.8 Å². The zero-order chi connectivity index (χ0) is 10.6. The molecule has 14 heavy (non-hydrogen) atoms. The molecule has 0 bridgehead atoms. The molecule has 1 N–H and O–H groups in total. The van der Waals surface area contributed by atoms with Crippen molar-refractivity contribution in [3.8, 4) is 0 Å². The number of ether oxygens (including phenoxy) is 1. The first kappa shape index (κ1) is 11.1. The summed E-state index contributed by atoms with van der Waals surface area (Å²) in [5.41, 5.74) is 2.45. The van der Waals surface area contributed by atoms with Crippen LogP contribution in [0.3, 0.4) is 0 Å². The van der Waals surface area contributed by atoms with Gasteiger partial charge in [0.05, 0.1) is 17.8 Å². The van der Waals surface area contributed by atoms with E-state index in [1.165, 1.54) is 11.3 Å². The molecular formula is C9H14N2O2S. The summed E-state index contributed by atoms with van der Waals surface area (Å²) in [6.45, 7) is 4.24. The molecule has 0 radical (unpaired) electrons. The van der Waals surface area contributed by atoms with Crippen LogP contribution >= 0.6 is 11.3 Å². The number of amides is 1. The molecule has 1 unspecified atom stereocenters. The Morgan fingerprint density at radius 1 is 1.79 bits per heavy atom. The van der Waals surface area contributed by atoms with Gasteiger partial charge in [-0.25, -0.2) is 4.98 Å². The van der Waals surface area contributed by atoms with Gasteiger partial charge in [0, 0.05) is 13.2 Å². The molecule has 0 saturated heterocycles. The molecular weight excluding hydrogens is 200 g/mol. The Hall–Kier alpha value is -0.940. The number of hydrogen-bond acceptors (Lipinski definition) is 4. The maximum Gasteiger partial charge on any atom is 0.263 e. The van der Waals surface area contributed by atoms with Crippen LogP contribution in [-0.4, -0.2) is 30.6 Å². The smallest absolute Gasteiger partial charge is 0.263 e. The van der Waals surface area contributed by atoms with Gasteiger partial charge in [-0.1, -0.05) is 0 Å². The second-order valence-electron chi connectivity index (χ2n) is 3.10. The van der Waals surface area contributed by atoms with Gasteiger partial charge in [-0.3, -0.25) is 4.79 Å². The summed E-state index contributed by atoms with van der Waals surface area (Å²) in [4.78, 5) is 16.3. The van der Waals surface area contributed by atoms with E-state index in [2.05, 4.69) is 10.3 Å². The standard InChI is InChI=1S/C9H14N2O2S/c1-6(4-13-3)11-9(12)8-7(2)10-5-14-8/h5-6H,4H2,1-3H3,(H,11,12). The van der Waals surface area contributed by atoms with Crippen LogP contribution in [0.2, 0.25) is 0 Å². The van der Waals surface area contributed by atoms with Crippen LogP contribution in [0.15, 0.2) is 5.51 Å². The quantitative estimate of drug-likeness (QED) is 0.819. The number of aromatic nitrogens is 1. The number of carbonyl (C=O) groups excluding carboxylic acids is 1. The summed E-state index contributed by atoms with van der Waals surface area (Å²) in [7, 11) is 1.61. The zero-order valence-corrected chi connectivity index (χ0v) is 9.35. The van der Waals surface area contributed by atoms with Crippen molar-refractivity contribution in [3.63, 3.8) is 0 Å². The van der Waals surface area contributed by atoms with E-state index in [1.54, 1.807) is 12.6 Å². The summed E-state index contributed by atoms with van der Waals surface area (Å²) in [6.07, 6.45) is 0. The first-order valence-corrected chi connectivity index (χ1v) is 5.23. The summed E-state index contributed by atoms with van der Waals surface area (Å²) < 4.78 is 4.93. The number of carbonyl (C=O) groups is 1. The lowest BCUT2D eigenvalue weighted by molar-refractivity contribution is 0.0909. The molecule has 5 heteroatoms. The lowest BCUT2D eigenvalue weighted by atomic mass is 10.3. The Morgan fingerprint density at radius 2 is 2.50 bits per heavy atom. The number of thiazole rings is 1. The van der Waals surface area contributed by atoms with E-state index in [4.69, 9.17) is 4.74 Å². The first-order valence-electron chi connectivity index (χ1n) is 4.35. The third-order valence-corrected chi connectivity index (χ3v) is 2.67. The molecule has 1 atom stereocenters. The Kier molecular flexibility index (Phi) is 4.03. The molecule has 4 nitrogen and oxygen atoms in total. The van der Waals surface area contributed by atoms with Crippen molar-refractivity contribution in [3.05, 3.63) is 16.1 Å². The van der Waals surface area contributed by atoms with Crippen molar-refractivity contribution < 1.29 is 9.53 Å². The Labute approximate surface area is 87.3 Å². The summed E-state index contributed by atoms with van der Waals surface area (Å²) in [5.74, 6) is -0.0745. The molecule has 1 aromatic heterocycles. The third kappa shape index (κ3) is 2.78. The van der Waals surface area contributed by atoms with E-state index in [1.807, 2.05) is 13.8 Å². The van der Waals surface area contributed by atoms with Gasteiger partial charge in [-0.2, -0.15) is 0 Å². The molecule has 0 aliphatic carbocycles. The van der Waals surface area contributed by atoms with E-state index in [-0.39, 0.29) is 11.9 Å². The molecule has 1 amide bonds. The van der Waals surface area contributed by atoms with Gasteiger partial charge >= 0.3 is 0 Å². The van der Waals surface area contributed by atoms with Gasteiger partial charge in [0.15, 0.2) is 0 Å². The van der Waals surface area contributed by atoms with Crippen LogP contribution in [0.1, 0.15) is 22.3 Å². The third-order valence-electron chi connectivity index (χ3n) is 1.75. The maximum atomic E-state index is 11.6. The number of aryl methyl sites for hydroxylation is 1. The normalized spacial score (nSPS) is 12.5. The fraction of sp³-hybridized carbons (Fsp3) is 0.556. The van der Waals surface area contributed by atoms with Crippen LogP contribution < -0.4 is 5.32 Å². The Balaban J connectivity index is 2.55. The highest BCUT2D eigenvalue weighted by molar-refractivity contribution is 7.11. The topological polar surface area (TPSA) is 51.2 Å². The fourth-order valence-electron chi connectivity index (χ4n) is 1.10. The van der Waals surface area contributed by atoms with E-state index in [9.17, 15) is 4.79 Å². The van der Waals surface area contributed by atoms with Gasteiger partial charge in [0.2, 0.25) is 0 Å². The SMILES string of the molecule is COCC(C)NC(=O)c1scnc1C. The largest absolute Gasteiger partial charge is 0.383 e. The second kappa shape index (κ2) is 5.07. The van der Waals surface area contributed by atoms with Gasteiger partial charge < -0.3 is 10.1 Å². The van der Waals surface area contributed by atoms with E-state index in [0.29, 0.717) is 11.5 Å². The van der Waals surface area contributed by atoms with Crippen molar-refractivity contribution >= 4 is 17.2 Å². The predicted molar refractivity (Wildman–Crippen MR) is 55.7 cm³/mol. The molecule has 0 saturated carbocycles. The number of methoxy groups -OCH3 is 1. The van der Waals surface area contributed by atoms with Gasteiger partial charge in [0.1, 0.15) is 4.88 Å². The molecule has 0 spiro atoms. The minimum atomic E-state index is -0.0745. The van der Waals surface area contributed by atoms with Crippen molar-refractivity contribution in [2.75, 3.05) is 13.7 Å². The molecule has 0 fully saturated rings. The van der Waals surface area contributed by atoms with Crippen LogP contribution in [0, 0.1) is 6.92 Å². The maximum absolute atomic E-state index is 11.6. The summed E-state index contributed by atoms with van der Waals surface area (Å²) >= 11 is 1.35. The average molecular weight is 214 g/mol. The van der Waals surface area contributed by atoms with Crippen LogP contribution in [0.4, 0.5) is 0 Å². The number of nitrogens with zero attached hydrogens (tertiary/aromatic N) is 1. The molecule has 0 aliphatic rings. The highest BCUT2D eigenvalue weighted by Crippen LogP contribution is 2.11. The minimum absolute atomic E-state index is 0.0222. The molecule has 78 valence electrons. The van der Waals surface area contributed by atoms with Crippen LogP contribution in [0.5, 0.6) is 0 Å². The molecule has 0 aromatic carbocycles. The van der Waals surface area contributed by atoms with E-state index < -0.39 is 0 Å². The number of nitrogens with one attached hydrogen (secondary N) is 1. The molecule has 1 heterocycles. The lowest BCUT2D eigenvalue weighted by Gasteiger charge is -2.11. The first-order chi connectivity index (χ1) is 6.65. The molecule has 1 rings (SSSR count). The molecule has 1 aromatic rings. The van der Waals surface area contributed by atoms with E-state index >= 15 is 0 Å². The van der Waals surface area contributed by atoms with Crippen molar-refractivity contribution in [1.82, 2.24) is 10.3 Å².